The van der Waals surface area contributed by atoms with Crippen LogP contribution in [0.1, 0.15) is 11.4 Å². The van der Waals surface area contributed by atoms with Gasteiger partial charge >= 0.3 is 0 Å². The number of amides is 2. The van der Waals surface area contributed by atoms with Gasteiger partial charge in [-0.1, -0.05) is 0 Å². The molecule has 2 rings (SSSR count). The summed E-state index contributed by atoms with van der Waals surface area (Å²) in [5.74, 6) is -0.697. The Morgan fingerprint density at radius 1 is 1.33 bits per heavy atom. The molecule has 2 amide bonds. The molecule has 0 saturated carbocycles. The second kappa shape index (κ2) is 6.26. The summed E-state index contributed by atoms with van der Waals surface area (Å²) in [6, 6.07) is 1.94. The largest absolute Gasteiger partial charge is 0.369 e. The molecular weight excluding hydrogens is 270 g/mol. The molecule has 21 heavy (non-hydrogen) atoms. The van der Waals surface area contributed by atoms with Crippen molar-refractivity contribution in [2.24, 2.45) is 11.7 Å². The summed E-state index contributed by atoms with van der Waals surface area (Å²) < 4.78 is 1.70. The fraction of sp³-hybridized carbons (Fsp3) is 0.643. The number of nitrogens with zero attached hydrogens (tertiary/aromatic N) is 4. The number of carbonyl (C=O) groups excluding carboxylic acids is 2. The summed E-state index contributed by atoms with van der Waals surface area (Å²) in [4.78, 5) is 27.7. The molecule has 0 unspecified atom stereocenters. The van der Waals surface area contributed by atoms with Gasteiger partial charge in [-0.05, 0) is 27.0 Å². The molecule has 7 heteroatoms. The van der Waals surface area contributed by atoms with Crippen molar-refractivity contribution in [1.29, 1.82) is 0 Å². The molecule has 1 aromatic rings. The SMILES string of the molecule is Cc1cc(C)n(CC(=O)N2CCN(C)C[C@@H](C(N)=O)C2)n1. The molecule has 1 fully saturated rings. The average Bonchev–Trinajstić information content (AvgIpc) is 2.61. The van der Waals surface area contributed by atoms with Crippen molar-refractivity contribution in [3.63, 3.8) is 0 Å². The first kappa shape index (κ1) is 15.5. The van der Waals surface area contributed by atoms with Gasteiger partial charge in [0.05, 0.1) is 11.6 Å². The Bertz CT molecular complexity index is 539. The number of hydrogen-bond acceptors (Lipinski definition) is 4. The summed E-state index contributed by atoms with van der Waals surface area (Å²) in [6.45, 7) is 6.37. The Labute approximate surface area is 124 Å². The van der Waals surface area contributed by atoms with Gasteiger partial charge in [-0.2, -0.15) is 5.10 Å². The van der Waals surface area contributed by atoms with Crippen molar-refractivity contribution in [1.82, 2.24) is 19.6 Å². The number of aromatic nitrogens is 2. The van der Waals surface area contributed by atoms with E-state index in [1.807, 2.05) is 31.9 Å². The van der Waals surface area contributed by atoms with Crippen LogP contribution >= 0.6 is 0 Å². The molecule has 0 radical (unpaired) electrons. The fourth-order valence-electron chi connectivity index (χ4n) is 2.64. The molecule has 7 nitrogen and oxygen atoms in total. The van der Waals surface area contributed by atoms with Gasteiger partial charge in [0.1, 0.15) is 6.54 Å². The minimum atomic E-state index is -0.354. The number of likely N-dealkylation sites (N-methyl/N-ethyl adjacent to an activating group) is 1. The maximum atomic E-state index is 12.5. The molecule has 116 valence electrons. The van der Waals surface area contributed by atoms with Crippen molar-refractivity contribution in [2.75, 3.05) is 33.2 Å². The molecule has 0 bridgehead atoms. The lowest BCUT2D eigenvalue weighted by Gasteiger charge is -2.22. The zero-order valence-corrected chi connectivity index (χ0v) is 12.9. The second-order valence-electron chi connectivity index (χ2n) is 5.79. The predicted molar refractivity (Wildman–Crippen MR) is 78.5 cm³/mol. The number of hydrogen-bond donors (Lipinski definition) is 1. The van der Waals surface area contributed by atoms with Crippen LogP contribution in [0.4, 0.5) is 0 Å². The van der Waals surface area contributed by atoms with Gasteiger partial charge in [-0.25, -0.2) is 0 Å². The van der Waals surface area contributed by atoms with Gasteiger partial charge in [0.15, 0.2) is 0 Å². The Morgan fingerprint density at radius 3 is 2.62 bits per heavy atom. The van der Waals surface area contributed by atoms with Crippen LogP contribution in [0.25, 0.3) is 0 Å². The van der Waals surface area contributed by atoms with Crippen LogP contribution in [-0.4, -0.2) is 64.6 Å². The predicted octanol–water partition coefficient (Wildman–Crippen LogP) is -0.625. The van der Waals surface area contributed by atoms with Crippen molar-refractivity contribution < 1.29 is 9.59 Å². The van der Waals surface area contributed by atoms with E-state index in [1.54, 1.807) is 9.58 Å². The van der Waals surface area contributed by atoms with Gasteiger partial charge in [-0.15, -0.1) is 0 Å². The van der Waals surface area contributed by atoms with E-state index in [2.05, 4.69) is 5.10 Å². The maximum Gasteiger partial charge on any atom is 0.244 e. The first-order chi connectivity index (χ1) is 9.86. The Morgan fingerprint density at radius 2 is 2.05 bits per heavy atom. The Balaban J connectivity index is 2.06. The number of primary amides is 1. The van der Waals surface area contributed by atoms with Crippen LogP contribution in [0.5, 0.6) is 0 Å². The van der Waals surface area contributed by atoms with Gasteiger partial charge in [0.25, 0.3) is 0 Å². The normalized spacial score (nSPS) is 20.3. The molecule has 0 spiro atoms. The molecule has 1 aliphatic rings. The highest BCUT2D eigenvalue weighted by Gasteiger charge is 2.27. The quantitative estimate of drug-likeness (QED) is 0.804. The van der Waals surface area contributed by atoms with Crippen molar-refractivity contribution in [2.45, 2.75) is 20.4 Å². The Kier molecular flexibility index (Phi) is 4.62. The standard InChI is InChI=1S/C14H23N5O2/c1-10-6-11(2)19(16-10)9-13(20)18-5-4-17(3)7-12(8-18)14(15)21/h6,12H,4-5,7-9H2,1-3H3,(H2,15,21)/t12-/m1/s1. The summed E-state index contributed by atoms with van der Waals surface area (Å²) in [6.07, 6.45) is 0. The highest BCUT2D eigenvalue weighted by molar-refractivity contribution is 5.80. The monoisotopic (exact) mass is 293 g/mol. The smallest absolute Gasteiger partial charge is 0.244 e. The molecule has 1 saturated heterocycles. The first-order valence-electron chi connectivity index (χ1n) is 7.13. The van der Waals surface area contributed by atoms with Crippen molar-refractivity contribution in [3.8, 4) is 0 Å². The summed E-state index contributed by atoms with van der Waals surface area (Å²) >= 11 is 0. The molecule has 2 heterocycles. The van der Waals surface area contributed by atoms with Crippen molar-refractivity contribution in [3.05, 3.63) is 17.5 Å². The van der Waals surface area contributed by atoms with E-state index in [1.165, 1.54) is 0 Å². The second-order valence-corrected chi connectivity index (χ2v) is 5.79. The third-order valence-corrected chi connectivity index (χ3v) is 3.87. The number of rotatable bonds is 3. The van der Waals surface area contributed by atoms with Gasteiger partial charge < -0.3 is 15.5 Å². The zero-order valence-electron chi connectivity index (χ0n) is 12.9. The third kappa shape index (κ3) is 3.81. The van der Waals surface area contributed by atoms with E-state index in [0.717, 1.165) is 17.9 Å². The van der Waals surface area contributed by atoms with Gasteiger partial charge in [0, 0.05) is 31.9 Å². The lowest BCUT2D eigenvalue weighted by molar-refractivity contribution is -0.133. The molecule has 0 aliphatic carbocycles. The molecule has 0 aromatic carbocycles. The van der Waals surface area contributed by atoms with E-state index >= 15 is 0 Å². The van der Waals surface area contributed by atoms with E-state index in [0.29, 0.717) is 19.6 Å². The van der Waals surface area contributed by atoms with Crippen LogP contribution in [0.2, 0.25) is 0 Å². The van der Waals surface area contributed by atoms with Crippen LogP contribution in [0, 0.1) is 19.8 Å². The topological polar surface area (TPSA) is 84.5 Å². The van der Waals surface area contributed by atoms with Crippen molar-refractivity contribution >= 4 is 11.8 Å². The number of nitrogens with two attached hydrogens (primary N) is 1. The first-order valence-corrected chi connectivity index (χ1v) is 7.13. The third-order valence-electron chi connectivity index (χ3n) is 3.87. The number of aryl methyl sites for hydroxylation is 2. The lowest BCUT2D eigenvalue weighted by atomic mass is 10.1. The molecule has 2 N–H and O–H groups in total. The summed E-state index contributed by atoms with van der Waals surface area (Å²) in [7, 11) is 1.94. The van der Waals surface area contributed by atoms with E-state index in [4.69, 9.17) is 5.73 Å². The van der Waals surface area contributed by atoms with Gasteiger partial charge in [-0.3, -0.25) is 14.3 Å². The fourth-order valence-corrected chi connectivity index (χ4v) is 2.64. The molecule has 1 aliphatic heterocycles. The molecular formula is C14H23N5O2. The highest BCUT2D eigenvalue weighted by Crippen LogP contribution is 2.10. The zero-order chi connectivity index (χ0) is 15.6. The van der Waals surface area contributed by atoms with Gasteiger partial charge in [0.2, 0.25) is 11.8 Å². The van der Waals surface area contributed by atoms with Crippen LogP contribution < -0.4 is 5.73 Å². The average molecular weight is 293 g/mol. The van der Waals surface area contributed by atoms with E-state index in [-0.39, 0.29) is 24.3 Å². The highest BCUT2D eigenvalue weighted by atomic mass is 16.2. The summed E-state index contributed by atoms with van der Waals surface area (Å²) in [5.41, 5.74) is 7.27. The van der Waals surface area contributed by atoms with Crippen LogP contribution in [0.3, 0.4) is 0 Å². The van der Waals surface area contributed by atoms with Crippen LogP contribution in [-0.2, 0) is 16.1 Å². The lowest BCUT2D eigenvalue weighted by Crippen LogP contribution is -2.41. The summed E-state index contributed by atoms with van der Waals surface area (Å²) in [5, 5.41) is 4.30. The maximum absolute atomic E-state index is 12.5. The van der Waals surface area contributed by atoms with E-state index in [9.17, 15) is 9.59 Å². The number of carbonyl (C=O) groups is 2. The minimum absolute atomic E-state index is 0.0252. The molecule has 1 atom stereocenters. The minimum Gasteiger partial charge on any atom is -0.369 e. The molecule has 1 aromatic heterocycles. The Hall–Kier alpha value is -1.89. The van der Waals surface area contributed by atoms with Crippen LogP contribution in [0.15, 0.2) is 6.07 Å². The van der Waals surface area contributed by atoms with E-state index < -0.39 is 0 Å².